The van der Waals surface area contributed by atoms with Gasteiger partial charge in [0.15, 0.2) is 16.6 Å². The minimum Gasteiger partial charge on any atom is -0.493 e. The van der Waals surface area contributed by atoms with Crippen molar-refractivity contribution in [2.45, 2.75) is 18.7 Å². The predicted molar refractivity (Wildman–Crippen MR) is 119 cm³/mol. The van der Waals surface area contributed by atoms with Gasteiger partial charge in [-0.05, 0) is 49.5 Å². The fourth-order valence-electron chi connectivity index (χ4n) is 4.10. The minimum atomic E-state index is -1.17. The third-order valence-corrected chi connectivity index (χ3v) is 5.94. The summed E-state index contributed by atoms with van der Waals surface area (Å²) in [5.74, 6) is 0.0193. The highest BCUT2D eigenvalue weighted by atomic mass is 35.5. The summed E-state index contributed by atoms with van der Waals surface area (Å²) in [7, 11) is 1.58. The molecule has 6 nitrogen and oxygen atoms in total. The number of fused-ring (bicyclic) bond motifs is 4. The molecular formula is C22H21ClN2O4S. The highest BCUT2D eigenvalue weighted by Gasteiger charge is 2.60. The lowest BCUT2D eigenvalue weighted by Gasteiger charge is -2.55. The van der Waals surface area contributed by atoms with Crippen LogP contribution in [0, 0.1) is 5.92 Å². The van der Waals surface area contributed by atoms with Gasteiger partial charge in [0.1, 0.15) is 12.5 Å². The van der Waals surface area contributed by atoms with Crippen LogP contribution >= 0.6 is 23.8 Å². The van der Waals surface area contributed by atoms with Gasteiger partial charge < -0.3 is 19.5 Å². The van der Waals surface area contributed by atoms with E-state index in [1.807, 2.05) is 37.3 Å². The molecule has 3 atom stereocenters. The maximum absolute atomic E-state index is 13.2. The largest absolute Gasteiger partial charge is 0.493 e. The Hall–Kier alpha value is -2.77. The number of carbonyl (C=O) groups excluding carboxylic acids is 1. The summed E-state index contributed by atoms with van der Waals surface area (Å²) in [6.45, 7) is 5.56. The first-order chi connectivity index (χ1) is 14.4. The van der Waals surface area contributed by atoms with Crippen molar-refractivity contribution >= 4 is 40.6 Å². The summed E-state index contributed by atoms with van der Waals surface area (Å²) >= 11 is 11.8. The van der Waals surface area contributed by atoms with Gasteiger partial charge in [0.05, 0.1) is 13.2 Å². The predicted octanol–water partition coefficient (Wildman–Crippen LogP) is 4.24. The molecule has 0 amide bonds. The molecule has 0 spiro atoms. The molecule has 8 heteroatoms. The van der Waals surface area contributed by atoms with Crippen molar-refractivity contribution < 1.29 is 19.0 Å². The number of ether oxygens (including phenoxy) is 3. The third-order valence-electron chi connectivity index (χ3n) is 5.39. The van der Waals surface area contributed by atoms with Crippen molar-refractivity contribution in [3.8, 4) is 11.5 Å². The number of esters is 1. The molecule has 2 bridgehead atoms. The number of benzene rings is 2. The first kappa shape index (κ1) is 20.5. The van der Waals surface area contributed by atoms with Crippen molar-refractivity contribution in [1.82, 2.24) is 5.32 Å². The Kier molecular flexibility index (Phi) is 5.34. The zero-order chi connectivity index (χ0) is 21.5. The van der Waals surface area contributed by atoms with E-state index in [9.17, 15) is 4.79 Å². The van der Waals surface area contributed by atoms with E-state index in [4.69, 9.17) is 38.0 Å². The van der Waals surface area contributed by atoms with Crippen LogP contribution in [-0.4, -0.2) is 30.5 Å². The summed E-state index contributed by atoms with van der Waals surface area (Å²) in [5.41, 5.74) is 0.351. The van der Waals surface area contributed by atoms with Crippen molar-refractivity contribution in [3.63, 3.8) is 0 Å². The molecule has 0 unspecified atom stereocenters. The number of hydrogen-bond acceptors (Lipinski definition) is 5. The van der Waals surface area contributed by atoms with Gasteiger partial charge >= 0.3 is 5.97 Å². The van der Waals surface area contributed by atoms with E-state index in [2.05, 4.69) is 11.9 Å². The summed E-state index contributed by atoms with van der Waals surface area (Å²) < 4.78 is 17.5. The van der Waals surface area contributed by atoms with E-state index in [1.54, 1.807) is 24.1 Å². The number of thiocarbonyl (C=S) groups is 1. The van der Waals surface area contributed by atoms with Crippen LogP contribution in [0.4, 0.5) is 5.69 Å². The fraction of sp³-hybridized carbons (Fsp3) is 0.273. The summed E-state index contributed by atoms with van der Waals surface area (Å²) in [4.78, 5) is 14.9. The van der Waals surface area contributed by atoms with Gasteiger partial charge in [-0.1, -0.05) is 36.4 Å². The number of halogens is 1. The monoisotopic (exact) mass is 444 g/mol. The van der Waals surface area contributed by atoms with Crippen LogP contribution in [0.15, 0.2) is 55.1 Å². The molecule has 4 rings (SSSR count). The van der Waals surface area contributed by atoms with Gasteiger partial charge in [-0.2, -0.15) is 0 Å². The van der Waals surface area contributed by atoms with Gasteiger partial charge in [0.2, 0.25) is 5.72 Å². The molecule has 0 aromatic heterocycles. The van der Waals surface area contributed by atoms with Crippen molar-refractivity contribution in [1.29, 1.82) is 0 Å². The average Bonchev–Trinajstić information content (AvgIpc) is 2.72. The van der Waals surface area contributed by atoms with Gasteiger partial charge in [-0.25, -0.2) is 0 Å². The first-order valence-electron chi connectivity index (χ1n) is 9.40. The van der Waals surface area contributed by atoms with Crippen LogP contribution in [0.25, 0.3) is 0 Å². The lowest BCUT2D eigenvalue weighted by molar-refractivity contribution is -0.159. The zero-order valence-electron chi connectivity index (χ0n) is 16.6. The van der Waals surface area contributed by atoms with Crippen LogP contribution in [0.3, 0.4) is 0 Å². The number of nitrogens with one attached hydrogen (secondary N) is 1. The molecular weight excluding hydrogens is 424 g/mol. The third kappa shape index (κ3) is 3.18. The molecule has 2 aliphatic rings. The molecule has 2 aromatic carbocycles. The summed E-state index contributed by atoms with van der Waals surface area (Å²) in [5, 5.41) is 4.34. The quantitative estimate of drug-likeness (QED) is 0.420. The topological polar surface area (TPSA) is 60.0 Å². The molecule has 0 aliphatic carbocycles. The Balaban J connectivity index is 1.89. The van der Waals surface area contributed by atoms with Crippen LogP contribution in [-0.2, 0) is 9.53 Å². The van der Waals surface area contributed by atoms with Crippen molar-refractivity contribution in [3.05, 3.63) is 65.7 Å². The SMILES string of the molecule is C=CCOC(=O)[C@H]1[C@H]2NC(=S)N(c3ccc(Cl)cc3)[C@@]1(C)Oc1c(OC)cccc12. The van der Waals surface area contributed by atoms with Crippen LogP contribution in [0.5, 0.6) is 11.5 Å². The highest BCUT2D eigenvalue weighted by Crippen LogP contribution is 2.52. The van der Waals surface area contributed by atoms with Gasteiger partial charge in [-0.15, -0.1) is 0 Å². The second-order valence-electron chi connectivity index (χ2n) is 7.17. The van der Waals surface area contributed by atoms with E-state index >= 15 is 0 Å². The molecule has 1 N–H and O–H groups in total. The number of rotatable bonds is 5. The lowest BCUT2D eigenvalue weighted by atomic mass is 9.79. The van der Waals surface area contributed by atoms with Crippen molar-refractivity contribution in [2.75, 3.05) is 18.6 Å². The second kappa shape index (κ2) is 7.81. The molecule has 2 aliphatic heterocycles. The van der Waals surface area contributed by atoms with Gasteiger partial charge in [-0.3, -0.25) is 9.69 Å². The molecule has 1 fully saturated rings. The number of carbonyl (C=O) groups is 1. The van der Waals surface area contributed by atoms with E-state index in [0.717, 1.165) is 11.3 Å². The highest BCUT2D eigenvalue weighted by molar-refractivity contribution is 7.80. The fourth-order valence-corrected chi connectivity index (χ4v) is 4.64. The van der Waals surface area contributed by atoms with Crippen LogP contribution < -0.4 is 19.7 Å². The van der Waals surface area contributed by atoms with E-state index in [1.165, 1.54) is 6.08 Å². The number of methoxy groups -OCH3 is 1. The van der Waals surface area contributed by atoms with Crippen molar-refractivity contribution in [2.24, 2.45) is 5.92 Å². The Bertz CT molecular complexity index is 1010. The molecule has 2 aromatic rings. The first-order valence-corrected chi connectivity index (χ1v) is 10.2. The number of anilines is 1. The maximum atomic E-state index is 13.2. The average molecular weight is 445 g/mol. The Morgan fingerprint density at radius 2 is 2.10 bits per heavy atom. The Morgan fingerprint density at radius 1 is 1.37 bits per heavy atom. The zero-order valence-corrected chi connectivity index (χ0v) is 18.1. The summed E-state index contributed by atoms with van der Waals surface area (Å²) in [6.07, 6.45) is 1.53. The van der Waals surface area contributed by atoms with Gasteiger partial charge in [0, 0.05) is 16.3 Å². The van der Waals surface area contributed by atoms with E-state index in [0.29, 0.717) is 21.6 Å². The second-order valence-corrected chi connectivity index (χ2v) is 7.99. The maximum Gasteiger partial charge on any atom is 0.317 e. The standard InChI is InChI=1S/C22H21ClN2O4S/c1-4-12-28-20(26)17-18-15-6-5-7-16(27-3)19(15)29-22(17,2)25(21(30)24-18)14-10-8-13(23)9-11-14/h4-11,17-18H,1,12H2,2-3H3,(H,24,30)/t17-,18+,22+/m1/s1. The minimum absolute atomic E-state index is 0.106. The van der Waals surface area contributed by atoms with Crippen LogP contribution in [0.1, 0.15) is 18.5 Å². The molecule has 30 heavy (non-hydrogen) atoms. The molecule has 0 saturated carbocycles. The number of para-hydroxylation sites is 1. The smallest absolute Gasteiger partial charge is 0.317 e. The molecule has 1 saturated heterocycles. The van der Waals surface area contributed by atoms with E-state index < -0.39 is 23.7 Å². The molecule has 156 valence electrons. The van der Waals surface area contributed by atoms with Gasteiger partial charge in [0.25, 0.3) is 0 Å². The number of hydrogen-bond donors (Lipinski definition) is 1. The molecule has 2 heterocycles. The lowest BCUT2D eigenvalue weighted by Crippen LogP contribution is -2.71. The normalized spacial score (nSPS) is 24.2. The summed E-state index contributed by atoms with van der Waals surface area (Å²) in [6, 6.07) is 12.3. The molecule has 0 radical (unpaired) electrons. The Labute approximate surface area is 185 Å². The van der Waals surface area contributed by atoms with E-state index in [-0.39, 0.29) is 6.61 Å². The number of nitrogens with zero attached hydrogens (tertiary/aromatic N) is 1. The van der Waals surface area contributed by atoms with Crippen LogP contribution in [0.2, 0.25) is 5.02 Å². The Morgan fingerprint density at radius 3 is 2.77 bits per heavy atom.